The Balaban J connectivity index is 2.65. The minimum absolute atomic E-state index is 0.389. The average Bonchev–Trinajstić information content (AvgIpc) is 1.41. The van der Waals surface area contributed by atoms with Crippen molar-refractivity contribution in [1.82, 2.24) is 0 Å². The lowest BCUT2D eigenvalue weighted by Gasteiger charge is -1.48. The smallest absolute Gasteiger partial charge is 0.166 e. The molecule has 0 fully saturated rings. The van der Waals surface area contributed by atoms with Crippen LogP contribution in [0.1, 0.15) is 0 Å². The molecule has 25 valence electrons. The second-order valence-corrected chi connectivity index (χ2v) is 0.326. The summed E-state index contributed by atoms with van der Waals surface area (Å²) < 4.78 is 0. The van der Waals surface area contributed by atoms with E-state index in [9.17, 15) is 0 Å². The minimum Gasteiger partial charge on any atom is -0.166 e. The van der Waals surface area contributed by atoms with Crippen molar-refractivity contribution in [1.29, 1.82) is 0 Å². The molecule has 5 heteroatoms. The van der Waals surface area contributed by atoms with Crippen LogP contribution in [0, 0.1) is 9.81 Å². The molecule has 1 radical (unpaired) electrons. The summed E-state index contributed by atoms with van der Waals surface area (Å²) in [5.74, 6) is 0. The molecule has 0 heterocycles. The molecule has 0 rings (SSSR count). The van der Waals surface area contributed by atoms with Gasteiger partial charge in [0.2, 0.25) is 0 Å². The molecule has 0 aliphatic heterocycles. The van der Waals surface area contributed by atoms with E-state index in [-0.39, 0.29) is 0 Å². The number of nitroso groups, excluding NO2 is 2. The van der Waals surface area contributed by atoms with E-state index in [1.807, 2.05) is 10.2 Å². The summed E-state index contributed by atoms with van der Waals surface area (Å²) in [5.41, 5.74) is 0. The molecule has 0 aromatic heterocycles. The normalized spacial score (nSPS) is 5.60. The van der Waals surface area contributed by atoms with Gasteiger partial charge in [-0.2, -0.15) is 9.81 Å². The molecule has 0 bridgehead atoms. The summed E-state index contributed by atoms with van der Waals surface area (Å²) >= 11 is 0. The molecule has 0 unspecified atom stereocenters. The summed E-state index contributed by atoms with van der Waals surface area (Å²) in [6.45, 7) is 0. The van der Waals surface area contributed by atoms with Crippen molar-refractivity contribution < 1.29 is 0 Å². The van der Waals surface area contributed by atoms with Gasteiger partial charge < -0.3 is 0 Å². The van der Waals surface area contributed by atoms with E-state index < -0.39 is 0 Å². The zero-order valence-electron chi connectivity index (χ0n) is 2.29. The van der Waals surface area contributed by atoms with Gasteiger partial charge in [0.25, 0.3) is 0 Å². The van der Waals surface area contributed by atoms with E-state index in [1.165, 1.54) is 0 Å². The molecule has 0 N–H and O–H groups in total. The molecule has 0 spiro atoms. The first-order valence-corrected chi connectivity index (χ1v) is 0.882. The van der Waals surface area contributed by atoms with Crippen LogP contribution in [0.4, 0.5) is 0 Å². The van der Waals surface area contributed by atoms with E-state index in [2.05, 4.69) is 0 Å². The molecule has 0 aromatic carbocycles. The molecular weight excluding hydrogens is 70.8 g/mol. The van der Waals surface area contributed by atoms with Crippen LogP contribution in [0.25, 0.3) is 0 Å². The van der Waals surface area contributed by atoms with Gasteiger partial charge in [-0.3, -0.25) is 0 Å². The second-order valence-electron chi connectivity index (χ2n) is 0.326. The highest BCUT2D eigenvalue weighted by atomic mass is 16.3. The highest BCUT2D eigenvalue weighted by Gasteiger charge is 1.78. The fourth-order valence-corrected chi connectivity index (χ4v) is 0.0192. The van der Waals surface area contributed by atoms with Crippen molar-refractivity contribution in [3.63, 3.8) is 0 Å². The first-order chi connectivity index (χ1) is 2.41. The van der Waals surface area contributed by atoms with E-state index in [1.54, 1.807) is 0 Å². The maximum atomic E-state index is 8.81. The predicted molar refractivity (Wildman–Crippen MR) is 17.3 cm³/mol. The van der Waals surface area contributed by atoms with Crippen LogP contribution in [0.3, 0.4) is 0 Å². The van der Waals surface area contributed by atoms with Crippen molar-refractivity contribution in [3.05, 3.63) is 9.81 Å². The van der Waals surface area contributed by atoms with Crippen molar-refractivity contribution in [2.75, 3.05) is 0 Å². The fourth-order valence-electron chi connectivity index (χ4n) is 0.0192. The Hall–Kier alpha value is -0.735. The van der Waals surface area contributed by atoms with Crippen molar-refractivity contribution in [3.8, 4) is 0 Å². The standard InChI is InChI=1S/BN2O2/c4-2-1-3-5. The van der Waals surface area contributed by atoms with Crippen LogP contribution in [-0.2, 0) is 0 Å². The first-order valence-electron chi connectivity index (χ1n) is 0.882. The Morgan fingerprint density at radius 1 is 1.20 bits per heavy atom. The third-order valence-electron chi connectivity index (χ3n) is 0.0943. The van der Waals surface area contributed by atoms with E-state index in [0.717, 1.165) is 0 Å². The number of hydrogen-bond acceptors (Lipinski definition) is 4. The quantitative estimate of drug-likeness (QED) is 0.341. The third kappa shape index (κ3) is 3.26. The highest BCUT2D eigenvalue weighted by Crippen LogP contribution is 1.55. The second kappa shape index (κ2) is 3.26. The first kappa shape index (κ1) is 4.26. The topological polar surface area (TPSA) is 58.9 Å². The lowest BCUT2D eigenvalue weighted by molar-refractivity contribution is 1.65. The van der Waals surface area contributed by atoms with Crippen molar-refractivity contribution in [2.24, 2.45) is 10.2 Å². The molecule has 4 nitrogen and oxygen atoms in total. The summed E-state index contributed by atoms with van der Waals surface area (Å²) in [6.07, 6.45) is 0. The summed E-state index contributed by atoms with van der Waals surface area (Å²) in [6, 6.07) is 0. The van der Waals surface area contributed by atoms with Gasteiger partial charge >= 0.3 is 7.55 Å². The number of nitrogens with zero attached hydrogens (tertiary/aromatic N) is 2. The lowest BCUT2D eigenvalue weighted by atomic mass is 10.3. The third-order valence-corrected chi connectivity index (χ3v) is 0.0943. The Kier molecular flexibility index (Phi) is 2.78. The largest absolute Gasteiger partial charge is 0.545 e. The fraction of sp³-hybridized carbons (Fsp3) is 0. The van der Waals surface area contributed by atoms with Gasteiger partial charge in [-0.1, -0.05) is 0 Å². The average molecular weight is 70.8 g/mol. The summed E-state index contributed by atoms with van der Waals surface area (Å²) in [7, 11) is 0.389. The Morgan fingerprint density at radius 3 is 1.60 bits per heavy atom. The van der Waals surface area contributed by atoms with Gasteiger partial charge in [-0.05, 0) is 0 Å². The van der Waals surface area contributed by atoms with Gasteiger partial charge in [-0.15, -0.1) is 10.2 Å². The Morgan fingerprint density at radius 2 is 1.60 bits per heavy atom. The van der Waals surface area contributed by atoms with Gasteiger partial charge in [0.15, 0.2) is 0 Å². The molecule has 0 atom stereocenters. The molecular formula is BN2O2. The SMILES string of the molecule is O=N[B]N=O. The van der Waals surface area contributed by atoms with Crippen LogP contribution in [0.5, 0.6) is 0 Å². The minimum atomic E-state index is 0.389. The monoisotopic (exact) mass is 71.0 g/mol. The van der Waals surface area contributed by atoms with E-state index >= 15 is 0 Å². The molecule has 0 saturated carbocycles. The van der Waals surface area contributed by atoms with Crippen LogP contribution in [0.2, 0.25) is 0 Å². The molecule has 5 heavy (non-hydrogen) atoms. The Bertz CT molecular complexity index is 36.9. The molecule has 0 aliphatic rings. The van der Waals surface area contributed by atoms with Gasteiger partial charge in [0.1, 0.15) is 0 Å². The van der Waals surface area contributed by atoms with Crippen LogP contribution < -0.4 is 0 Å². The number of rotatable bonds is 2. The highest BCUT2D eigenvalue weighted by molar-refractivity contribution is 6.30. The van der Waals surface area contributed by atoms with Crippen LogP contribution >= 0.6 is 0 Å². The molecule has 0 saturated heterocycles. The molecule has 0 aromatic rings. The van der Waals surface area contributed by atoms with Crippen molar-refractivity contribution in [2.45, 2.75) is 0 Å². The maximum Gasteiger partial charge on any atom is 0.545 e. The zero-order chi connectivity index (χ0) is 4.12. The van der Waals surface area contributed by atoms with E-state index in [0.29, 0.717) is 7.55 Å². The van der Waals surface area contributed by atoms with Gasteiger partial charge in [0, 0.05) is 0 Å². The van der Waals surface area contributed by atoms with E-state index in [4.69, 9.17) is 9.81 Å². The van der Waals surface area contributed by atoms with Crippen molar-refractivity contribution >= 4 is 7.55 Å². The Labute approximate surface area is 28.8 Å². The van der Waals surface area contributed by atoms with Crippen LogP contribution in [0.15, 0.2) is 10.2 Å². The molecule has 0 amide bonds. The molecule has 0 aliphatic carbocycles. The maximum absolute atomic E-state index is 8.81. The lowest BCUT2D eigenvalue weighted by Crippen LogP contribution is -1.67. The zero-order valence-corrected chi connectivity index (χ0v) is 2.29. The van der Waals surface area contributed by atoms with Gasteiger partial charge in [-0.25, -0.2) is 0 Å². The predicted octanol–water partition coefficient (Wildman–Crippen LogP) is 0.0534. The van der Waals surface area contributed by atoms with Crippen LogP contribution in [-0.4, -0.2) is 7.55 Å². The van der Waals surface area contributed by atoms with Gasteiger partial charge in [0.05, 0.1) is 0 Å². The number of hydrogen-bond donors (Lipinski definition) is 0. The summed E-state index contributed by atoms with van der Waals surface area (Å²) in [4.78, 5) is 17.6. The summed E-state index contributed by atoms with van der Waals surface area (Å²) in [5, 5.41) is 4.00.